The number of sulfonamides is 1. The second kappa shape index (κ2) is 5.40. The quantitative estimate of drug-likeness (QED) is 0.518. The molecule has 0 saturated heterocycles. The summed E-state index contributed by atoms with van der Waals surface area (Å²) >= 11 is 1.14. The molecule has 0 amide bonds. The number of aliphatic carboxylic acids is 1. The number of carboxylic acids is 1. The molecular formula is C7H12N4O4S2. The van der Waals surface area contributed by atoms with E-state index in [4.69, 9.17) is 16.0 Å². The van der Waals surface area contributed by atoms with Crippen LogP contribution in [0.3, 0.4) is 0 Å². The Balaban J connectivity index is 2.55. The number of nitrogens with one attached hydrogen (secondary N) is 1. The maximum Gasteiger partial charge on any atom is 0.326 e. The number of hydrogen-bond donors (Lipinski definition) is 4. The van der Waals surface area contributed by atoms with Gasteiger partial charge in [-0.15, -0.1) is 11.3 Å². The van der Waals surface area contributed by atoms with Gasteiger partial charge in [-0.1, -0.05) is 0 Å². The Morgan fingerprint density at radius 1 is 1.65 bits per heavy atom. The molecule has 1 rings (SSSR count). The number of anilines is 1. The number of nitrogens with two attached hydrogens (primary N) is 2. The molecule has 6 N–H and O–H groups in total. The topological polar surface area (TPSA) is 148 Å². The van der Waals surface area contributed by atoms with Gasteiger partial charge in [-0.25, -0.2) is 18.5 Å². The fourth-order valence-corrected chi connectivity index (χ4v) is 2.10. The second-order valence-electron chi connectivity index (χ2n) is 3.19. The van der Waals surface area contributed by atoms with Crippen molar-refractivity contribution in [1.29, 1.82) is 0 Å². The van der Waals surface area contributed by atoms with E-state index in [-0.39, 0.29) is 18.0 Å². The molecule has 0 aliphatic carbocycles. The molecule has 17 heavy (non-hydrogen) atoms. The van der Waals surface area contributed by atoms with E-state index in [0.717, 1.165) is 11.3 Å². The van der Waals surface area contributed by atoms with Crippen molar-refractivity contribution in [3.8, 4) is 0 Å². The van der Waals surface area contributed by atoms with Crippen molar-refractivity contribution >= 4 is 32.5 Å². The number of primary sulfonamides is 1. The van der Waals surface area contributed by atoms with Crippen molar-refractivity contribution in [2.75, 3.05) is 17.6 Å². The first kappa shape index (κ1) is 13.8. The SMILES string of the molecule is NC(C(=O)O)c1csc(NCCS(N)(=O)=O)n1. The van der Waals surface area contributed by atoms with Gasteiger partial charge in [0.2, 0.25) is 10.0 Å². The second-order valence-corrected chi connectivity index (χ2v) is 5.78. The summed E-state index contributed by atoms with van der Waals surface area (Å²) < 4.78 is 21.3. The predicted octanol–water partition coefficient (Wildman–Crippen LogP) is -1.07. The third-order valence-electron chi connectivity index (χ3n) is 1.77. The Labute approximate surface area is 102 Å². The highest BCUT2D eigenvalue weighted by Crippen LogP contribution is 2.19. The van der Waals surface area contributed by atoms with E-state index in [1.165, 1.54) is 5.38 Å². The van der Waals surface area contributed by atoms with E-state index in [9.17, 15) is 13.2 Å². The molecule has 10 heteroatoms. The van der Waals surface area contributed by atoms with Gasteiger partial charge in [-0.05, 0) is 0 Å². The zero-order valence-electron chi connectivity index (χ0n) is 8.66. The van der Waals surface area contributed by atoms with E-state index in [1.807, 2.05) is 0 Å². The molecule has 0 spiro atoms. The van der Waals surface area contributed by atoms with Crippen molar-refractivity contribution in [3.05, 3.63) is 11.1 Å². The molecule has 1 atom stereocenters. The number of hydrogen-bond acceptors (Lipinski definition) is 7. The molecule has 1 unspecified atom stereocenters. The third kappa shape index (κ3) is 4.65. The lowest BCUT2D eigenvalue weighted by molar-refractivity contribution is -0.138. The Bertz CT molecular complexity index is 498. The van der Waals surface area contributed by atoms with E-state index in [1.54, 1.807) is 0 Å². The van der Waals surface area contributed by atoms with E-state index < -0.39 is 22.0 Å². The number of aromatic nitrogens is 1. The standard InChI is InChI=1S/C7H12N4O4S2/c8-5(6(12)13)4-3-16-7(11-4)10-1-2-17(9,14)15/h3,5H,1-2,8H2,(H,10,11)(H,12,13)(H2,9,14,15). The van der Waals surface area contributed by atoms with Crippen LogP contribution >= 0.6 is 11.3 Å². The van der Waals surface area contributed by atoms with Gasteiger partial charge in [0.25, 0.3) is 0 Å². The van der Waals surface area contributed by atoms with Gasteiger partial charge in [0.1, 0.15) is 6.04 Å². The predicted molar refractivity (Wildman–Crippen MR) is 63.1 cm³/mol. The van der Waals surface area contributed by atoms with E-state index >= 15 is 0 Å². The van der Waals surface area contributed by atoms with Crippen molar-refractivity contribution in [2.24, 2.45) is 10.9 Å². The number of thiazole rings is 1. The van der Waals surface area contributed by atoms with E-state index in [2.05, 4.69) is 10.3 Å². The molecule has 96 valence electrons. The molecule has 1 aromatic rings. The maximum atomic E-state index is 10.6. The molecule has 8 nitrogen and oxygen atoms in total. The zero-order chi connectivity index (χ0) is 13.1. The minimum absolute atomic E-state index is 0.105. The first-order valence-corrected chi connectivity index (χ1v) is 7.07. The molecule has 0 saturated carbocycles. The van der Waals surface area contributed by atoms with Crippen LogP contribution in [-0.4, -0.2) is 36.8 Å². The van der Waals surface area contributed by atoms with Crippen LogP contribution < -0.4 is 16.2 Å². The summed E-state index contributed by atoms with van der Waals surface area (Å²) in [6.45, 7) is 0.105. The number of rotatable bonds is 6. The third-order valence-corrected chi connectivity index (χ3v) is 3.36. The summed E-state index contributed by atoms with van der Waals surface area (Å²) in [7, 11) is -3.52. The van der Waals surface area contributed by atoms with Gasteiger partial charge < -0.3 is 16.2 Å². The fourth-order valence-electron chi connectivity index (χ4n) is 0.937. The summed E-state index contributed by atoms with van der Waals surface area (Å²) in [5, 5.41) is 18.1. The summed E-state index contributed by atoms with van der Waals surface area (Å²) in [6.07, 6.45) is 0. The zero-order valence-corrected chi connectivity index (χ0v) is 10.3. The first-order valence-electron chi connectivity index (χ1n) is 4.48. The van der Waals surface area contributed by atoms with Crippen molar-refractivity contribution in [1.82, 2.24) is 4.98 Å². The average Bonchev–Trinajstić information content (AvgIpc) is 2.63. The van der Waals surface area contributed by atoms with Gasteiger partial charge in [0.15, 0.2) is 5.13 Å². The maximum absolute atomic E-state index is 10.6. The van der Waals surface area contributed by atoms with Crippen LogP contribution in [0.2, 0.25) is 0 Å². The summed E-state index contributed by atoms with van der Waals surface area (Å²) in [5.41, 5.74) is 5.57. The smallest absolute Gasteiger partial charge is 0.326 e. The molecule has 0 bridgehead atoms. The highest BCUT2D eigenvalue weighted by atomic mass is 32.2. The largest absolute Gasteiger partial charge is 0.480 e. The summed E-state index contributed by atoms with van der Waals surface area (Å²) in [5.74, 6) is -1.40. The monoisotopic (exact) mass is 280 g/mol. The van der Waals surface area contributed by atoms with Crippen LogP contribution in [0.1, 0.15) is 11.7 Å². The Morgan fingerprint density at radius 3 is 2.82 bits per heavy atom. The highest BCUT2D eigenvalue weighted by molar-refractivity contribution is 7.89. The van der Waals surface area contributed by atoms with Crippen molar-refractivity contribution < 1.29 is 18.3 Å². The van der Waals surface area contributed by atoms with Gasteiger partial charge in [-0.3, -0.25) is 4.79 Å². The molecule has 0 aromatic carbocycles. The lowest BCUT2D eigenvalue weighted by Gasteiger charge is -2.02. The Hall–Kier alpha value is -1.23. The Morgan fingerprint density at radius 2 is 2.29 bits per heavy atom. The molecule has 1 aromatic heterocycles. The Kier molecular flexibility index (Phi) is 4.40. The summed E-state index contributed by atoms with van der Waals surface area (Å²) in [4.78, 5) is 14.5. The van der Waals surface area contributed by atoms with Crippen molar-refractivity contribution in [3.63, 3.8) is 0 Å². The molecule has 0 aliphatic rings. The van der Waals surface area contributed by atoms with E-state index in [0.29, 0.717) is 5.13 Å². The molecule has 0 fully saturated rings. The van der Waals surface area contributed by atoms with Gasteiger partial charge >= 0.3 is 5.97 Å². The molecule has 0 aliphatic heterocycles. The number of carbonyl (C=O) groups is 1. The normalized spacial score (nSPS) is 13.3. The van der Waals surface area contributed by atoms with Gasteiger partial charge in [0.05, 0.1) is 11.4 Å². The van der Waals surface area contributed by atoms with Crippen LogP contribution in [0.5, 0.6) is 0 Å². The first-order chi connectivity index (χ1) is 7.79. The number of nitrogens with zero attached hydrogens (tertiary/aromatic N) is 1. The average molecular weight is 280 g/mol. The van der Waals surface area contributed by atoms with Crippen LogP contribution in [-0.2, 0) is 14.8 Å². The molecule has 0 radical (unpaired) electrons. The molecule has 1 heterocycles. The van der Waals surface area contributed by atoms with Gasteiger partial charge in [0, 0.05) is 11.9 Å². The summed E-state index contributed by atoms with van der Waals surface area (Å²) in [6, 6.07) is -1.18. The fraction of sp³-hybridized carbons (Fsp3) is 0.429. The highest BCUT2D eigenvalue weighted by Gasteiger charge is 2.17. The lowest BCUT2D eigenvalue weighted by Crippen LogP contribution is -2.23. The van der Waals surface area contributed by atoms with Crippen LogP contribution in [0.25, 0.3) is 0 Å². The van der Waals surface area contributed by atoms with Crippen LogP contribution in [0, 0.1) is 0 Å². The minimum atomic E-state index is -3.52. The van der Waals surface area contributed by atoms with Crippen molar-refractivity contribution in [2.45, 2.75) is 6.04 Å². The van der Waals surface area contributed by atoms with Crippen LogP contribution in [0.4, 0.5) is 5.13 Å². The molecular weight excluding hydrogens is 268 g/mol. The van der Waals surface area contributed by atoms with Gasteiger partial charge in [-0.2, -0.15) is 0 Å². The number of carboxylic acid groups (broad SMARTS) is 1. The van der Waals surface area contributed by atoms with Crippen LogP contribution in [0.15, 0.2) is 5.38 Å². The lowest BCUT2D eigenvalue weighted by atomic mass is 10.2. The minimum Gasteiger partial charge on any atom is -0.480 e.